The van der Waals surface area contributed by atoms with Gasteiger partial charge in [-0.15, -0.1) is 0 Å². The average molecular weight is 460 g/mol. The molecule has 0 aliphatic heterocycles. The zero-order chi connectivity index (χ0) is 22.4. The number of nitrogens with one attached hydrogen (secondary N) is 1. The first-order chi connectivity index (χ1) is 14.5. The van der Waals surface area contributed by atoms with E-state index in [1.807, 2.05) is 0 Å². The van der Waals surface area contributed by atoms with E-state index in [0.717, 1.165) is 36.6 Å². The van der Waals surface area contributed by atoms with Gasteiger partial charge in [-0.05, 0) is 62.6 Å². The highest BCUT2D eigenvalue weighted by Gasteiger charge is 2.48. The number of carbonyl (C=O) groups excluding carboxylic acids is 1. The Morgan fingerprint density at radius 2 is 1.84 bits per heavy atom. The summed E-state index contributed by atoms with van der Waals surface area (Å²) in [5.41, 5.74) is -0.256. The summed E-state index contributed by atoms with van der Waals surface area (Å²) in [7, 11) is -4.66. The van der Waals surface area contributed by atoms with Crippen LogP contribution in [-0.4, -0.2) is 30.5 Å². The van der Waals surface area contributed by atoms with Gasteiger partial charge in [0, 0.05) is 11.6 Å². The van der Waals surface area contributed by atoms with E-state index in [2.05, 4.69) is 10.5 Å². The molecule has 1 amide bonds. The molecular weight excluding hydrogens is 440 g/mol. The maximum absolute atomic E-state index is 15.4. The fourth-order valence-corrected chi connectivity index (χ4v) is 5.60. The lowest BCUT2D eigenvalue weighted by Gasteiger charge is -2.33. The Morgan fingerprint density at radius 3 is 2.45 bits per heavy atom. The summed E-state index contributed by atoms with van der Waals surface area (Å²) in [6, 6.07) is 2.62. The third-order valence-electron chi connectivity index (χ3n) is 5.85. The summed E-state index contributed by atoms with van der Waals surface area (Å²) in [5.74, 6) is -0.220. The predicted molar refractivity (Wildman–Crippen MR) is 101 cm³/mol. The van der Waals surface area contributed by atoms with Gasteiger partial charge in [0.05, 0.1) is 10.5 Å². The van der Waals surface area contributed by atoms with Crippen molar-refractivity contribution in [1.82, 2.24) is 10.5 Å². The van der Waals surface area contributed by atoms with Crippen LogP contribution in [0, 0.1) is 0 Å². The van der Waals surface area contributed by atoms with Gasteiger partial charge in [0.2, 0.25) is 14.8 Å². The third kappa shape index (κ3) is 4.19. The fourth-order valence-electron chi connectivity index (χ4n) is 3.87. The van der Waals surface area contributed by atoms with Crippen molar-refractivity contribution in [1.29, 1.82) is 0 Å². The molecule has 31 heavy (non-hydrogen) atoms. The van der Waals surface area contributed by atoms with Gasteiger partial charge in [-0.25, -0.2) is 12.8 Å². The molecule has 2 fully saturated rings. The second-order valence-corrected chi connectivity index (χ2v) is 10.3. The average Bonchev–Trinajstić information content (AvgIpc) is 3.45. The number of nitrogens with zero attached hydrogens (tertiary/aromatic N) is 1. The molecule has 1 heterocycles. The topological polar surface area (TPSA) is 89.3 Å². The summed E-state index contributed by atoms with van der Waals surface area (Å²) in [5, 5.41) is 3.76. The smallest absolute Gasteiger partial charge is 0.364 e. The number of rotatable bonds is 5. The third-order valence-corrected chi connectivity index (χ3v) is 8.10. The van der Waals surface area contributed by atoms with E-state index in [0.29, 0.717) is 6.07 Å². The van der Waals surface area contributed by atoms with Crippen LogP contribution < -0.4 is 5.32 Å². The molecule has 1 aromatic heterocycles. The standard InChI is InChI=1S/C20H20F4N2O4S/c21-19(31(28,29)15-3-1-2-13(10-15)20(22,23)24)8-6-14(7-9-19)25-18(27)17-16(11-30-26-17)12-4-5-12/h1-3,10-12,14H,4-9H2,(H,25,27)/t14-,19-. The number of benzene rings is 1. The highest BCUT2D eigenvalue weighted by atomic mass is 32.2. The van der Waals surface area contributed by atoms with Gasteiger partial charge < -0.3 is 9.84 Å². The number of aromatic nitrogens is 1. The predicted octanol–water partition coefficient (Wildman–Crippen LogP) is 4.38. The molecule has 2 saturated carbocycles. The second kappa shape index (κ2) is 7.61. The number of hydrogen-bond donors (Lipinski definition) is 1. The first-order valence-corrected chi connectivity index (χ1v) is 11.4. The normalized spacial score (nSPS) is 24.7. The van der Waals surface area contributed by atoms with Gasteiger partial charge in [-0.1, -0.05) is 11.2 Å². The molecule has 0 spiro atoms. The van der Waals surface area contributed by atoms with Crippen molar-refractivity contribution in [2.45, 2.75) is 66.6 Å². The Balaban J connectivity index is 1.44. The molecule has 2 aliphatic carbocycles. The Kier molecular flexibility index (Phi) is 5.35. The van der Waals surface area contributed by atoms with Crippen molar-refractivity contribution in [2.24, 2.45) is 0 Å². The molecule has 168 valence electrons. The first kappa shape index (κ1) is 21.8. The lowest BCUT2D eigenvalue weighted by atomic mass is 9.93. The zero-order valence-corrected chi connectivity index (χ0v) is 17.1. The Morgan fingerprint density at radius 1 is 1.16 bits per heavy atom. The molecule has 0 unspecified atom stereocenters. The number of halogens is 4. The van der Waals surface area contributed by atoms with Crippen molar-refractivity contribution >= 4 is 15.7 Å². The summed E-state index contributed by atoms with van der Waals surface area (Å²) < 4.78 is 84.6. The van der Waals surface area contributed by atoms with Gasteiger partial charge >= 0.3 is 6.18 Å². The number of hydrogen-bond acceptors (Lipinski definition) is 5. The molecule has 6 nitrogen and oxygen atoms in total. The molecule has 1 aromatic carbocycles. The number of amides is 1. The molecule has 0 radical (unpaired) electrons. The molecule has 0 bridgehead atoms. The molecule has 2 aromatic rings. The van der Waals surface area contributed by atoms with E-state index in [1.165, 1.54) is 6.26 Å². The SMILES string of the molecule is O=C(N[C@H]1CC[C@](F)(S(=O)(=O)c2cccc(C(F)(F)F)c2)CC1)c1nocc1C1CC1. The van der Waals surface area contributed by atoms with Gasteiger partial charge in [0.25, 0.3) is 5.91 Å². The largest absolute Gasteiger partial charge is 0.416 e. The Labute approximate surface area is 175 Å². The van der Waals surface area contributed by atoms with Crippen molar-refractivity contribution in [3.8, 4) is 0 Å². The lowest BCUT2D eigenvalue weighted by Crippen LogP contribution is -2.45. The van der Waals surface area contributed by atoms with E-state index in [4.69, 9.17) is 4.52 Å². The van der Waals surface area contributed by atoms with Crippen LogP contribution >= 0.6 is 0 Å². The van der Waals surface area contributed by atoms with Crippen LogP contribution in [0.4, 0.5) is 17.6 Å². The van der Waals surface area contributed by atoms with Crippen molar-refractivity contribution < 1.29 is 35.3 Å². The van der Waals surface area contributed by atoms with Crippen LogP contribution in [0.15, 0.2) is 39.9 Å². The molecular formula is C20H20F4N2O4S. The number of sulfone groups is 1. The highest BCUT2D eigenvalue weighted by molar-refractivity contribution is 7.92. The summed E-state index contributed by atoms with van der Waals surface area (Å²) in [4.78, 5) is 11.8. The zero-order valence-electron chi connectivity index (χ0n) is 16.3. The first-order valence-electron chi connectivity index (χ1n) is 9.87. The van der Waals surface area contributed by atoms with Gasteiger partial charge in [-0.2, -0.15) is 13.2 Å². The van der Waals surface area contributed by atoms with Crippen molar-refractivity contribution in [2.75, 3.05) is 0 Å². The monoisotopic (exact) mass is 460 g/mol. The van der Waals surface area contributed by atoms with E-state index < -0.39 is 56.3 Å². The van der Waals surface area contributed by atoms with Gasteiger partial charge in [0.15, 0.2) is 5.69 Å². The number of carbonyl (C=O) groups is 1. The Hall–Kier alpha value is -2.43. The van der Waals surface area contributed by atoms with Crippen LogP contribution in [0.2, 0.25) is 0 Å². The highest BCUT2D eigenvalue weighted by Crippen LogP contribution is 2.43. The van der Waals surface area contributed by atoms with Crippen LogP contribution in [-0.2, 0) is 16.0 Å². The van der Waals surface area contributed by atoms with E-state index in [1.54, 1.807) is 0 Å². The minimum Gasteiger partial charge on any atom is -0.364 e. The van der Waals surface area contributed by atoms with Crippen LogP contribution in [0.1, 0.15) is 66.1 Å². The molecule has 11 heteroatoms. The summed E-state index contributed by atoms with van der Waals surface area (Å²) >= 11 is 0. The van der Waals surface area contributed by atoms with E-state index >= 15 is 4.39 Å². The molecule has 2 aliphatic rings. The minimum absolute atomic E-state index is 0.0248. The van der Waals surface area contributed by atoms with Crippen molar-refractivity contribution in [3.63, 3.8) is 0 Å². The quantitative estimate of drug-likeness (QED) is 0.669. The maximum atomic E-state index is 15.4. The van der Waals surface area contributed by atoms with Gasteiger partial charge in [0.1, 0.15) is 6.26 Å². The van der Waals surface area contributed by atoms with Crippen LogP contribution in [0.3, 0.4) is 0 Å². The summed E-state index contributed by atoms with van der Waals surface area (Å²) in [6.07, 6.45) is -2.24. The van der Waals surface area contributed by atoms with Crippen LogP contribution in [0.5, 0.6) is 0 Å². The molecule has 1 N–H and O–H groups in total. The van der Waals surface area contributed by atoms with E-state index in [9.17, 15) is 26.4 Å². The molecule has 0 saturated heterocycles. The van der Waals surface area contributed by atoms with Crippen molar-refractivity contribution in [3.05, 3.63) is 47.3 Å². The van der Waals surface area contributed by atoms with Crippen LogP contribution in [0.25, 0.3) is 0 Å². The lowest BCUT2D eigenvalue weighted by molar-refractivity contribution is -0.137. The van der Waals surface area contributed by atoms with E-state index in [-0.39, 0.29) is 24.5 Å². The van der Waals surface area contributed by atoms with Gasteiger partial charge in [-0.3, -0.25) is 4.79 Å². The molecule has 0 atom stereocenters. The Bertz CT molecular complexity index is 1080. The number of alkyl halides is 4. The second-order valence-electron chi connectivity index (χ2n) is 8.05. The maximum Gasteiger partial charge on any atom is 0.416 e. The minimum atomic E-state index is -4.74. The summed E-state index contributed by atoms with van der Waals surface area (Å²) in [6.45, 7) is 0. The fraction of sp³-hybridized carbons (Fsp3) is 0.500. The molecule has 4 rings (SSSR count).